The SMILES string of the molecule is CCn1c(SCC(=O)Nc2scc(-c3ccc(OC)cc3)c2C(=O)OC)nnc1-c1csc(C)c1-c1ccccc1. The predicted molar refractivity (Wildman–Crippen MR) is 166 cm³/mol. The fourth-order valence-electron chi connectivity index (χ4n) is 4.49. The van der Waals surface area contributed by atoms with Gasteiger partial charge in [0.2, 0.25) is 5.91 Å². The molecule has 0 aliphatic heterocycles. The van der Waals surface area contributed by atoms with Gasteiger partial charge in [-0.1, -0.05) is 54.2 Å². The van der Waals surface area contributed by atoms with Crippen LogP contribution in [0.2, 0.25) is 0 Å². The smallest absolute Gasteiger partial charge is 0.341 e. The van der Waals surface area contributed by atoms with Crippen LogP contribution in [0.4, 0.5) is 5.00 Å². The van der Waals surface area contributed by atoms with Crippen LogP contribution in [0.25, 0.3) is 33.6 Å². The summed E-state index contributed by atoms with van der Waals surface area (Å²) >= 11 is 4.27. The molecular formula is C30H28N4O4S3. The molecule has 0 bridgehead atoms. The molecule has 0 saturated carbocycles. The van der Waals surface area contributed by atoms with Crippen LogP contribution in [0.5, 0.6) is 5.75 Å². The van der Waals surface area contributed by atoms with Gasteiger partial charge in [0.25, 0.3) is 0 Å². The van der Waals surface area contributed by atoms with Crippen molar-refractivity contribution in [1.29, 1.82) is 0 Å². The number of amides is 1. The van der Waals surface area contributed by atoms with Gasteiger partial charge in [-0.3, -0.25) is 4.79 Å². The number of esters is 1. The summed E-state index contributed by atoms with van der Waals surface area (Å²) in [7, 11) is 2.92. The number of aryl methyl sites for hydroxylation is 1. The number of rotatable bonds is 10. The molecular weight excluding hydrogens is 577 g/mol. The number of nitrogens with one attached hydrogen (secondary N) is 1. The van der Waals surface area contributed by atoms with Crippen molar-refractivity contribution in [1.82, 2.24) is 14.8 Å². The van der Waals surface area contributed by atoms with Crippen LogP contribution >= 0.6 is 34.4 Å². The molecule has 3 aromatic heterocycles. The van der Waals surface area contributed by atoms with Crippen molar-refractivity contribution in [2.75, 3.05) is 25.3 Å². The van der Waals surface area contributed by atoms with Crippen molar-refractivity contribution in [2.24, 2.45) is 0 Å². The number of methoxy groups -OCH3 is 2. The van der Waals surface area contributed by atoms with Gasteiger partial charge < -0.3 is 19.4 Å². The Morgan fingerprint density at radius 1 is 0.951 bits per heavy atom. The van der Waals surface area contributed by atoms with Gasteiger partial charge in [-0.25, -0.2) is 4.79 Å². The molecule has 0 atom stereocenters. The molecule has 5 aromatic rings. The first-order valence-electron chi connectivity index (χ1n) is 12.8. The van der Waals surface area contributed by atoms with Crippen LogP contribution in [0, 0.1) is 6.92 Å². The van der Waals surface area contributed by atoms with Crippen molar-refractivity contribution in [3.8, 4) is 39.4 Å². The lowest BCUT2D eigenvalue weighted by Crippen LogP contribution is -2.16. The second kappa shape index (κ2) is 12.7. The number of nitrogens with zero attached hydrogens (tertiary/aromatic N) is 3. The molecule has 0 unspecified atom stereocenters. The fraction of sp³-hybridized carbons (Fsp3) is 0.200. The van der Waals surface area contributed by atoms with Crippen LogP contribution in [-0.2, 0) is 16.1 Å². The lowest BCUT2D eigenvalue weighted by atomic mass is 10.0. The zero-order chi connectivity index (χ0) is 28.9. The first-order valence-corrected chi connectivity index (χ1v) is 15.5. The van der Waals surface area contributed by atoms with Gasteiger partial charge in [-0.15, -0.1) is 32.9 Å². The second-order valence-corrected chi connectivity index (χ2v) is 11.8. The van der Waals surface area contributed by atoms with Crippen molar-refractivity contribution in [3.05, 3.63) is 75.8 Å². The highest BCUT2D eigenvalue weighted by atomic mass is 32.2. The first kappa shape index (κ1) is 28.6. The van der Waals surface area contributed by atoms with Crippen molar-refractivity contribution >= 4 is 51.3 Å². The maximum absolute atomic E-state index is 13.0. The van der Waals surface area contributed by atoms with Crippen LogP contribution in [0.3, 0.4) is 0 Å². The molecule has 41 heavy (non-hydrogen) atoms. The summed E-state index contributed by atoms with van der Waals surface area (Å²) in [6.45, 7) is 4.79. The number of thioether (sulfide) groups is 1. The molecule has 0 fully saturated rings. The Morgan fingerprint density at radius 3 is 2.37 bits per heavy atom. The van der Waals surface area contributed by atoms with E-state index < -0.39 is 5.97 Å². The molecule has 210 valence electrons. The quantitative estimate of drug-likeness (QED) is 0.132. The summed E-state index contributed by atoms with van der Waals surface area (Å²) in [5, 5.41) is 16.9. The van der Waals surface area contributed by atoms with Crippen LogP contribution in [-0.4, -0.2) is 46.6 Å². The third-order valence-electron chi connectivity index (χ3n) is 6.48. The van der Waals surface area contributed by atoms with E-state index in [1.165, 1.54) is 35.1 Å². The summed E-state index contributed by atoms with van der Waals surface area (Å²) in [5.41, 5.74) is 5.13. The summed E-state index contributed by atoms with van der Waals surface area (Å²) in [4.78, 5) is 27.0. The minimum atomic E-state index is -0.518. The highest BCUT2D eigenvalue weighted by Crippen LogP contribution is 2.40. The molecule has 1 amide bonds. The molecule has 0 saturated heterocycles. The zero-order valence-electron chi connectivity index (χ0n) is 23.0. The standard InChI is InChI=1S/C30H28N4O4S3/c1-5-34-27(23-16-39-18(2)25(23)20-9-7-6-8-10-20)32-33-30(34)41-17-24(35)31-28-26(29(36)38-4)22(15-40-28)19-11-13-21(37-3)14-12-19/h6-16H,5,17H2,1-4H3,(H,31,35). The van der Waals surface area contributed by atoms with Gasteiger partial charge in [0.15, 0.2) is 11.0 Å². The van der Waals surface area contributed by atoms with Gasteiger partial charge in [-0.2, -0.15) is 0 Å². The van der Waals surface area contributed by atoms with E-state index in [0.29, 0.717) is 33.6 Å². The number of anilines is 1. The Kier molecular flexibility index (Phi) is 8.87. The molecule has 3 heterocycles. The van der Waals surface area contributed by atoms with Crippen LogP contribution < -0.4 is 10.1 Å². The number of hydrogen-bond donors (Lipinski definition) is 1. The number of aromatic nitrogens is 3. The van der Waals surface area contributed by atoms with Crippen LogP contribution in [0.1, 0.15) is 22.2 Å². The highest BCUT2D eigenvalue weighted by molar-refractivity contribution is 7.99. The maximum atomic E-state index is 13.0. The topological polar surface area (TPSA) is 95.3 Å². The number of benzene rings is 2. The van der Waals surface area contributed by atoms with Crippen LogP contribution in [0.15, 0.2) is 70.5 Å². The summed E-state index contributed by atoms with van der Waals surface area (Å²) in [6, 6.07) is 17.6. The third-order valence-corrected chi connectivity index (χ3v) is 9.25. The second-order valence-electron chi connectivity index (χ2n) is 8.91. The van der Waals surface area contributed by atoms with E-state index in [1.807, 2.05) is 59.3 Å². The van der Waals surface area contributed by atoms with Crippen molar-refractivity contribution < 1.29 is 19.1 Å². The molecule has 0 aliphatic carbocycles. The maximum Gasteiger partial charge on any atom is 0.341 e. The van der Waals surface area contributed by atoms with E-state index in [-0.39, 0.29) is 11.7 Å². The highest BCUT2D eigenvalue weighted by Gasteiger charge is 2.24. The van der Waals surface area contributed by atoms with E-state index in [2.05, 4.69) is 40.0 Å². The van der Waals surface area contributed by atoms with Gasteiger partial charge in [0.05, 0.1) is 20.0 Å². The van der Waals surface area contributed by atoms with E-state index in [0.717, 1.165) is 28.1 Å². The number of ether oxygens (including phenoxy) is 2. The van der Waals surface area contributed by atoms with Gasteiger partial charge in [0, 0.05) is 38.9 Å². The Balaban J connectivity index is 1.34. The fourth-order valence-corrected chi connectivity index (χ4v) is 7.13. The third kappa shape index (κ3) is 5.92. The molecule has 5 rings (SSSR count). The molecule has 0 radical (unpaired) electrons. The minimum absolute atomic E-state index is 0.0999. The molecule has 1 N–H and O–H groups in total. The van der Waals surface area contributed by atoms with Gasteiger partial charge in [-0.05, 0) is 37.1 Å². The Morgan fingerprint density at radius 2 is 1.68 bits per heavy atom. The number of thiophene rings is 2. The lowest BCUT2D eigenvalue weighted by Gasteiger charge is -2.10. The Bertz CT molecular complexity index is 1670. The average Bonchev–Trinajstić information content (AvgIpc) is 3.72. The summed E-state index contributed by atoms with van der Waals surface area (Å²) in [5.74, 6) is 0.807. The summed E-state index contributed by atoms with van der Waals surface area (Å²) in [6.07, 6.45) is 0. The number of hydrogen-bond acceptors (Lipinski definition) is 9. The summed E-state index contributed by atoms with van der Waals surface area (Å²) < 4.78 is 12.3. The average molecular weight is 605 g/mol. The van der Waals surface area contributed by atoms with Crippen molar-refractivity contribution in [3.63, 3.8) is 0 Å². The molecule has 0 aliphatic rings. The molecule has 8 nitrogen and oxygen atoms in total. The van der Waals surface area contributed by atoms with E-state index in [9.17, 15) is 9.59 Å². The van der Waals surface area contributed by atoms with E-state index in [4.69, 9.17) is 9.47 Å². The predicted octanol–water partition coefficient (Wildman–Crippen LogP) is 7.26. The first-order chi connectivity index (χ1) is 19.9. The minimum Gasteiger partial charge on any atom is -0.497 e. The zero-order valence-corrected chi connectivity index (χ0v) is 25.4. The molecule has 0 spiro atoms. The Hall–Kier alpha value is -3.93. The normalized spacial score (nSPS) is 10.9. The van der Waals surface area contributed by atoms with E-state index >= 15 is 0 Å². The molecule has 11 heteroatoms. The van der Waals surface area contributed by atoms with E-state index in [1.54, 1.807) is 18.4 Å². The Labute approximate surface area is 250 Å². The monoisotopic (exact) mass is 604 g/mol. The number of carbonyl (C=O) groups excluding carboxylic acids is 2. The largest absolute Gasteiger partial charge is 0.497 e. The van der Waals surface area contributed by atoms with Gasteiger partial charge in [0.1, 0.15) is 16.3 Å². The van der Waals surface area contributed by atoms with Gasteiger partial charge >= 0.3 is 5.97 Å². The van der Waals surface area contributed by atoms with Crippen molar-refractivity contribution in [2.45, 2.75) is 25.5 Å². The molecule has 2 aromatic carbocycles. The number of carbonyl (C=O) groups is 2. The lowest BCUT2D eigenvalue weighted by molar-refractivity contribution is -0.113.